The Morgan fingerprint density at radius 3 is 2.75 bits per heavy atom. The lowest BCUT2D eigenvalue weighted by atomic mass is 10.0. The van der Waals surface area contributed by atoms with E-state index in [2.05, 4.69) is 11.4 Å². The summed E-state index contributed by atoms with van der Waals surface area (Å²) in [6.45, 7) is 1.56. The zero-order valence-corrected chi connectivity index (χ0v) is 9.61. The van der Waals surface area contributed by atoms with Gasteiger partial charge in [-0.1, -0.05) is 6.42 Å². The molecule has 1 N–H and O–H groups in total. The molecule has 0 aromatic carbocycles. The number of nitriles is 1. The number of nitrogens with zero attached hydrogens (tertiary/aromatic N) is 2. The van der Waals surface area contributed by atoms with Crippen molar-refractivity contribution in [2.45, 2.75) is 50.6 Å². The van der Waals surface area contributed by atoms with E-state index in [1.54, 1.807) is 0 Å². The minimum absolute atomic E-state index is 0.00745. The van der Waals surface area contributed by atoms with Gasteiger partial charge in [0.2, 0.25) is 5.91 Å². The Hall–Kier alpha value is -1.08. The Labute approximate surface area is 96.6 Å². The normalized spacial score (nSPS) is 24.8. The quantitative estimate of drug-likeness (QED) is 0.771. The molecule has 1 amide bonds. The van der Waals surface area contributed by atoms with Crippen molar-refractivity contribution in [2.24, 2.45) is 0 Å². The highest BCUT2D eigenvalue weighted by Crippen LogP contribution is 2.28. The van der Waals surface area contributed by atoms with Gasteiger partial charge in [0, 0.05) is 12.6 Å². The van der Waals surface area contributed by atoms with Crippen LogP contribution in [0.5, 0.6) is 0 Å². The van der Waals surface area contributed by atoms with Gasteiger partial charge in [-0.15, -0.1) is 0 Å². The number of hydrogen-bond donors (Lipinski definition) is 1. The molecule has 2 rings (SSSR count). The fraction of sp³-hybridized carbons (Fsp3) is 0.833. The van der Waals surface area contributed by atoms with Crippen LogP contribution in [0.15, 0.2) is 0 Å². The number of amides is 1. The van der Waals surface area contributed by atoms with E-state index in [0.717, 1.165) is 32.2 Å². The van der Waals surface area contributed by atoms with Gasteiger partial charge in [0.1, 0.15) is 0 Å². The molecule has 4 heteroatoms. The topological polar surface area (TPSA) is 56.1 Å². The van der Waals surface area contributed by atoms with Gasteiger partial charge in [0.05, 0.1) is 18.5 Å². The van der Waals surface area contributed by atoms with Gasteiger partial charge in [-0.2, -0.15) is 5.26 Å². The molecular weight excluding hydrogens is 202 g/mol. The molecule has 0 bridgehead atoms. The first-order valence-electron chi connectivity index (χ1n) is 6.23. The summed E-state index contributed by atoms with van der Waals surface area (Å²) in [5.74, 6) is 0.220. The molecule has 1 heterocycles. The lowest BCUT2D eigenvalue weighted by molar-refractivity contribution is -0.134. The molecule has 88 valence electrons. The molecule has 1 saturated carbocycles. The van der Waals surface area contributed by atoms with Gasteiger partial charge in [0.15, 0.2) is 0 Å². The van der Waals surface area contributed by atoms with Crippen molar-refractivity contribution in [1.82, 2.24) is 10.2 Å². The SMILES string of the molecule is N#CCCN(C(=O)[C@H]1CCCCN1)C1CC1. The average molecular weight is 221 g/mol. The summed E-state index contributed by atoms with van der Waals surface area (Å²) in [4.78, 5) is 14.2. The molecular formula is C12H19N3O. The van der Waals surface area contributed by atoms with Crippen molar-refractivity contribution in [1.29, 1.82) is 5.26 Å². The van der Waals surface area contributed by atoms with Crippen LogP contribution < -0.4 is 5.32 Å². The van der Waals surface area contributed by atoms with Gasteiger partial charge >= 0.3 is 0 Å². The van der Waals surface area contributed by atoms with Gasteiger partial charge < -0.3 is 10.2 Å². The Bertz CT molecular complexity index is 287. The van der Waals surface area contributed by atoms with Gasteiger partial charge in [0.25, 0.3) is 0 Å². The zero-order chi connectivity index (χ0) is 11.4. The second kappa shape index (κ2) is 5.31. The highest BCUT2D eigenvalue weighted by atomic mass is 16.2. The minimum Gasteiger partial charge on any atom is -0.337 e. The van der Waals surface area contributed by atoms with E-state index < -0.39 is 0 Å². The number of nitrogens with one attached hydrogen (secondary N) is 1. The number of carbonyl (C=O) groups excluding carboxylic acids is 1. The highest BCUT2D eigenvalue weighted by Gasteiger charge is 2.35. The Kier molecular flexibility index (Phi) is 3.79. The standard InChI is InChI=1S/C12H19N3O/c13-7-3-9-15(10-5-6-10)12(16)11-4-1-2-8-14-11/h10-11,14H,1-6,8-9H2/t11-/m1/s1. The van der Waals surface area contributed by atoms with Gasteiger partial charge in [-0.25, -0.2) is 0 Å². The van der Waals surface area contributed by atoms with E-state index in [1.807, 2.05) is 4.90 Å². The van der Waals surface area contributed by atoms with E-state index in [1.165, 1.54) is 6.42 Å². The number of hydrogen-bond acceptors (Lipinski definition) is 3. The molecule has 1 aliphatic carbocycles. The molecule has 0 aromatic heterocycles. The van der Waals surface area contributed by atoms with Crippen LogP contribution in [0.1, 0.15) is 38.5 Å². The predicted octanol–water partition coefficient (Wildman–Crippen LogP) is 1.03. The molecule has 16 heavy (non-hydrogen) atoms. The van der Waals surface area contributed by atoms with E-state index in [-0.39, 0.29) is 11.9 Å². The van der Waals surface area contributed by atoms with Gasteiger partial charge in [-0.05, 0) is 32.2 Å². The summed E-state index contributed by atoms with van der Waals surface area (Å²) in [7, 11) is 0. The first kappa shape index (κ1) is 11.4. The largest absolute Gasteiger partial charge is 0.337 e. The summed E-state index contributed by atoms with van der Waals surface area (Å²) in [5.41, 5.74) is 0. The summed E-state index contributed by atoms with van der Waals surface area (Å²) in [5, 5.41) is 11.9. The third-order valence-electron chi connectivity index (χ3n) is 3.34. The van der Waals surface area contributed by atoms with Crippen LogP contribution in [0.3, 0.4) is 0 Å². The van der Waals surface area contributed by atoms with Crippen LogP contribution >= 0.6 is 0 Å². The highest BCUT2D eigenvalue weighted by molar-refractivity contribution is 5.82. The molecule has 2 aliphatic rings. The van der Waals surface area contributed by atoms with Crippen molar-refractivity contribution in [3.8, 4) is 6.07 Å². The molecule has 2 fully saturated rings. The monoisotopic (exact) mass is 221 g/mol. The van der Waals surface area contributed by atoms with Crippen molar-refractivity contribution >= 4 is 5.91 Å². The maximum Gasteiger partial charge on any atom is 0.239 e. The first-order chi connectivity index (χ1) is 7.83. The molecule has 0 unspecified atom stereocenters. The maximum atomic E-state index is 12.2. The van der Waals surface area contributed by atoms with Crippen LogP contribution in [0.2, 0.25) is 0 Å². The fourth-order valence-corrected chi connectivity index (χ4v) is 2.29. The number of carbonyl (C=O) groups is 1. The van der Waals surface area contributed by atoms with Crippen molar-refractivity contribution in [3.63, 3.8) is 0 Å². The summed E-state index contributed by atoms with van der Waals surface area (Å²) in [6.07, 6.45) is 5.95. The van der Waals surface area contributed by atoms with Crippen molar-refractivity contribution in [3.05, 3.63) is 0 Å². The van der Waals surface area contributed by atoms with Crippen LogP contribution in [0, 0.1) is 11.3 Å². The van der Waals surface area contributed by atoms with Crippen molar-refractivity contribution < 1.29 is 4.79 Å². The molecule has 0 spiro atoms. The first-order valence-corrected chi connectivity index (χ1v) is 6.23. The Morgan fingerprint density at radius 1 is 1.38 bits per heavy atom. The molecule has 0 aromatic rings. The van der Waals surface area contributed by atoms with E-state index in [4.69, 9.17) is 5.26 Å². The second-order valence-electron chi connectivity index (χ2n) is 4.67. The van der Waals surface area contributed by atoms with Crippen LogP contribution in [0.4, 0.5) is 0 Å². The Morgan fingerprint density at radius 2 is 2.19 bits per heavy atom. The molecule has 1 aliphatic heterocycles. The van der Waals surface area contributed by atoms with Gasteiger partial charge in [-0.3, -0.25) is 4.79 Å². The molecule has 0 radical (unpaired) electrons. The van der Waals surface area contributed by atoms with E-state index >= 15 is 0 Å². The lowest BCUT2D eigenvalue weighted by Crippen LogP contribution is -2.49. The third-order valence-corrected chi connectivity index (χ3v) is 3.34. The summed E-state index contributed by atoms with van der Waals surface area (Å²) < 4.78 is 0. The van der Waals surface area contributed by atoms with Crippen LogP contribution in [-0.2, 0) is 4.79 Å². The van der Waals surface area contributed by atoms with E-state index in [0.29, 0.717) is 19.0 Å². The van der Waals surface area contributed by atoms with Crippen LogP contribution in [0.25, 0.3) is 0 Å². The number of rotatable bonds is 4. The van der Waals surface area contributed by atoms with Crippen LogP contribution in [-0.4, -0.2) is 36.0 Å². The minimum atomic E-state index is 0.00745. The van der Waals surface area contributed by atoms with Crippen molar-refractivity contribution in [2.75, 3.05) is 13.1 Å². The summed E-state index contributed by atoms with van der Waals surface area (Å²) >= 11 is 0. The second-order valence-corrected chi connectivity index (χ2v) is 4.67. The summed E-state index contributed by atoms with van der Waals surface area (Å²) in [6, 6.07) is 2.55. The molecule has 1 atom stereocenters. The van der Waals surface area contributed by atoms with E-state index in [9.17, 15) is 4.79 Å². The predicted molar refractivity (Wildman–Crippen MR) is 60.6 cm³/mol. The molecule has 4 nitrogen and oxygen atoms in total. The third kappa shape index (κ3) is 2.73. The maximum absolute atomic E-state index is 12.2. The fourth-order valence-electron chi connectivity index (χ4n) is 2.29. The number of piperidine rings is 1. The lowest BCUT2D eigenvalue weighted by Gasteiger charge is -2.29. The molecule has 1 saturated heterocycles. The smallest absolute Gasteiger partial charge is 0.239 e. The zero-order valence-electron chi connectivity index (χ0n) is 9.61. The Balaban J connectivity index is 1.90. The average Bonchev–Trinajstić information content (AvgIpc) is 3.15.